The molecule has 0 atom stereocenters. The maximum Gasteiger partial charge on any atom is 0.191 e. The number of phenols is 1. The molecule has 1 aliphatic carbocycles. The molecule has 0 amide bonds. The maximum absolute atomic E-state index is 9.29. The third kappa shape index (κ3) is 4.38. The fourth-order valence-corrected chi connectivity index (χ4v) is 2.72. The van der Waals surface area contributed by atoms with E-state index in [1.54, 1.807) is 12.1 Å². The van der Waals surface area contributed by atoms with Crippen molar-refractivity contribution in [1.82, 2.24) is 10.6 Å². The van der Waals surface area contributed by atoms with E-state index in [2.05, 4.69) is 29.5 Å². The van der Waals surface area contributed by atoms with Gasteiger partial charge in [-0.1, -0.05) is 25.5 Å². The standard InChI is InChI=1S/C17H27N3O/c1-3-17(10-5-11-17)13-20-16(18-4-2)19-12-14-6-8-15(21)9-7-14/h6-9,21H,3-5,10-13H2,1-2H3,(H2,18,19,20). The molecule has 1 aromatic rings. The van der Waals surface area contributed by atoms with Gasteiger partial charge >= 0.3 is 0 Å². The number of hydrogen-bond acceptors (Lipinski definition) is 2. The van der Waals surface area contributed by atoms with Gasteiger partial charge in [-0.25, -0.2) is 4.99 Å². The van der Waals surface area contributed by atoms with Gasteiger partial charge < -0.3 is 15.7 Å². The molecule has 21 heavy (non-hydrogen) atoms. The van der Waals surface area contributed by atoms with Crippen LogP contribution in [0.3, 0.4) is 0 Å². The van der Waals surface area contributed by atoms with Crippen LogP contribution in [0.2, 0.25) is 0 Å². The Bertz CT molecular complexity index is 458. The first-order valence-electron chi connectivity index (χ1n) is 7.97. The Morgan fingerprint density at radius 1 is 1.19 bits per heavy atom. The van der Waals surface area contributed by atoms with E-state index in [1.165, 1.54) is 25.7 Å². The lowest BCUT2D eigenvalue weighted by Crippen LogP contribution is -2.46. The Morgan fingerprint density at radius 2 is 1.90 bits per heavy atom. The Labute approximate surface area is 127 Å². The van der Waals surface area contributed by atoms with Gasteiger partial charge in [-0.3, -0.25) is 0 Å². The molecule has 3 N–H and O–H groups in total. The minimum Gasteiger partial charge on any atom is -0.508 e. The minimum atomic E-state index is 0.294. The Balaban J connectivity index is 1.90. The van der Waals surface area contributed by atoms with E-state index >= 15 is 0 Å². The lowest BCUT2D eigenvalue weighted by atomic mass is 9.67. The summed E-state index contributed by atoms with van der Waals surface area (Å²) in [5, 5.41) is 16.1. The van der Waals surface area contributed by atoms with Gasteiger partial charge in [0, 0.05) is 13.1 Å². The topological polar surface area (TPSA) is 56.7 Å². The predicted molar refractivity (Wildman–Crippen MR) is 87.5 cm³/mol. The highest BCUT2D eigenvalue weighted by atomic mass is 16.3. The summed E-state index contributed by atoms with van der Waals surface area (Å²) < 4.78 is 0. The molecular formula is C17H27N3O. The van der Waals surface area contributed by atoms with Crippen molar-refractivity contribution in [2.45, 2.75) is 46.1 Å². The van der Waals surface area contributed by atoms with Gasteiger partial charge in [-0.2, -0.15) is 0 Å². The molecule has 0 radical (unpaired) electrons. The van der Waals surface area contributed by atoms with E-state index in [0.29, 0.717) is 17.7 Å². The van der Waals surface area contributed by atoms with Crippen molar-refractivity contribution in [1.29, 1.82) is 0 Å². The normalized spacial score (nSPS) is 17.1. The second kappa shape index (κ2) is 7.34. The van der Waals surface area contributed by atoms with Gasteiger partial charge in [0.25, 0.3) is 0 Å². The Hall–Kier alpha value is -1.71. The first-order valence-corrected chi connectivity index (χ1v) is 7.97. The largest absolute Gasteiger partial charge is 0.508 e. The summed E-state index contributed by atoms with van der Waals surface area (Å²) in [4.78, 5) is 4.62. The highest BCUT2D eigenvalue weighted by Gasteiger charge is 2.34. The number of guanidine groups is 1. The smallest absolute Gasteiger partial charge is 0.191 e. The van der Waals surface area contributed by atoms with Crippen LogP contribution in [0.1, 0.15) is 45.1 Å². The summed E-state index contributed by atoms with van der Waals surface area (Å²) in [5.41, 5.74) is 1.58. The van der Waals surface area contributed by atoms with Crippen LogP contribution >= 0.6 is 0 Å². The van der Waals surface area contributed by atoms with E-state index in [4.69, 9.17) is 0 Å². The molecule has 0 spiro atoms. The number of phenolic OH excluding ortho intramolecular Hbond substituents is 1. The van der Waals surface area contributed by atoms with Crippen LogP contribution in [-0.4, -0.2) is 24.2 Å². The van der Waals surface area contributed by atoms with E-state index in [9.17, 15) is 5.11 Å². The average molecular weight is 289 g/mol. The molecule has 0 aromatic heterocycles. The fraction of sp³-hybridized carbons (Fsp3) is 0.588. The van der Waals surface area contributed by atoms with Crippen molar-refractivity contribution in [3.63, 3.8) is 0 Å². The lowest BCUT2D eigenvalue weighted by molar-refractivity contribution is 0.131. The summed E-state index contributed by atoms with van der Waals surface area (Å²) in [6.07, 6.45) is 5.25. The first kappa shape index (κ1) is 15.7. The molecule has 0 saturated heterocycles. The Kier molecular flexibility index (Phi) is 5.48. The van der Waals surface area contributed by atoms with Gasteiger partial charge in [0.1, 0.15) is 5.75 Å². The highest BCUT2D eigenvalue weighted by Crippen LogP contribution is 2.42. The zero-order valence-corrected chi connectivity index (χ0v) is 13.2. The highest BCUT2D eigenvalue weighted by molar-refractivity contribution is 5.79. The summed E-state index contributed by atoms with van der Waals surface area (Å²) >= 11 is 0. The summed E-state index contributed by atoms with van der Waals surface area (Å²) in [6.45, 7) is 6.85. The third-order valence-corrected chi connectivity index (χ3v) is 4.50. The molecule has 116 valence electrons. The molecule has 4 nitrogen and oxygen atoms in total. The van der Waals surface area contributed by atoms with E-state index in [0.717, 1.165) is 24.6 Å². The summed E-state index contributed by atoms with van der Waals surface area (Å²) in [7, 11) is 0. The summed E-state index contributed by atoms with van der Waals surface area (Å²) in [6, 6.07) is 7.21. The van der Waals surface area contributed by atoms with Crippen molar-refractivity contribution in [2.24, 2.45) is 10.4 Å². The van der Waals surface area contributed by atoms with E-state index in [1.807, 2.05) is 12.1 Å². The second-order valence-electron chi connectivity index (χ2n) is 5.92. The fourth-order valence-electron chi connectivity index (χ4n) is 2.72. The van der Waals surface area contributed by atoms with Gasteiger partial charge in [-0.05, 0) is 49.3 Å². The van der Waals surface area contributed by atoms with Crippen LogP contribution in [0.15, 0.2) is 29.3 Å². The molecule has 0 bridgehead atoms. The SMILES string of the molecule is CCNC(=NCc1ccc(O)cc1)NCC1(CC)CCC1. The number of nitrogens with zero attached hydrogens (tertiary/aromatic N) is 1. The van der Waals surface area contributed by atoms with E-state index < -0.39 is 0 Å². The van der Waals surface area contributed by atoms with Gasteiger partial charge in [0.05, 0.1) is 6.54 Å². The molecule has 1 fully saturated rings. The molecule has 0 unspecified atom stereocenters. The predicted octanol–water partition coefficient (Wildman–Crippen LogP) is 3.03. The number of aliphatic imine (C=N–C) groups is 1. The Morgan fingerprint density at radius 3 is 2.43 bits per heavy atom. The molecule has 1 aromatic carbocycles. The van der Waals surface area contributed by atoms with Gasteiger partial charge in [0.15, 0.2) is 5.96 Å². The van der Waals surface area contributed by atoms with Crippen LogP contribution in [-0.2, 0) is 6.54 Å². The third-order valence-electron chi connectivity index (χ3n) is 4.50. The number of rotatable bonds is 6. The van der Waals surface area contributed by atoms with Crippen LogP contribution < -0.4 is 10.6 Å². The van der Waals surface area contributed by atoms with Crippen molar-refractivity contribution in [2.75, 3.05) is 13.1 Å². The molecule has 1 aliphatic rings. The number of aromatic hydroxyl groups is 1. The second-order valence-corrected chi connectivity index (χ2v) is 5.92. The van der Waals surface area contributed by atoms with Crippen LogP contribution in [0.25, 0.3) is 0 Å². The molecule has 4 heteroatoms. The zero-order chi connectivity index (χ0) is 15.1. The number of benzene rings is 1. The lowest BCUT2D eigenvalue weighted by Gasteiger charge is -2.41. The molecule has 2 rings (SSSR count). The quantitative estimate of drug-likeness (QED) is 0.557. The van der Waals surface area contributed by atoms with Crippen LogP contribution in [0.4, 0.5) is 0 Å². The van der Waals surface area contributed by atoms with Crippen molar-refractivity contribution in [3.05, 3.63) is 29.8 Å². The van der Waals surface area contributed by atoms with Crippen molar-refractivity contribution < 1.29 is 5.11 Å². The van der Waals surface area contributed by atoms with E-state index in [-0.39, 0.29) is 0 Å². The van der Waals surface area contributed by atoms with Gasteiger partial charge in [0.2, 0.25) is 0 Å². The number of nitrogens with one attached hydrogen (secondary N) is 2. The molecule has 0 heterocycles. The van der Waals surface area contributed by atoms with Crippen LogP contribution in [0.5, 0.6) is 5.75 Å². The molecule has 0 aliphatic heterocycles. The summed E-state index contributed by atoms with van der Waals surface area (Å²) in [5.74, 6) is 1.17. The average Bonchev–Trinajstić information content (AvgIpc) is 2.45. The molecular weight excluding hydrogens is 262 g/mol. The number of hydrogen-bond donors (Lipinski definition) is 3. The molecule has 1 saturated carbocycles. The van der Waals surface area contributed by atoms with Crippen LogP contribution in [0, 0.1) is 5.41 Å². The zero-order valence-electron chi connectivity index (χ0n) is 13.2. The minimum absolute atomic E-state index is 0.294. The van der Waals surface area contributed by atoms with Crippen molar-refractivity contribution in [3.8, 4) is 5.75 Å². The van der Waals surface area contributed by atoms with Crippen molar-refractivity contribution >= 4 is 5.96 Å². The maximum atomic E-state index is 9.29. The monoisotopic (exact) mass is 289 g/mol. The van der Waals surface area contributed by atoms with Gasteiger partial charge in [-0.15, -0.1) is 0 Å². The first-order chi connectivity index (χ1) is 10.2.